The minimum Gasteiger partial charge on any atom is -0.329 e. The maximum atomic E-state index is 5.79. The lowest BCUT2D eigenvalue weighted by molar-refractivity contribution is 0.126. The summed E-state index contributed by atoms with van der Waals surface area (Å²) in [5.41, 5.74) is 5.79. The zero-order valence-electron chi connectivity index (χ0n) is 9.13. The summed E-state index contributed by atoms with van der Waals surface area (Å²) < 4.78 is 0. The summed E-state index contributed by atoms with van der Waals surface area (Å²) in [6.45, 7) is 7.97. The van der Waals surface area contributed by atoms with Gasteiger partial charge in [0.15, 0.2) is 0 Å². The van der Waals surface area contributed by atoms with Crippen LogP contribution in [0.1, 0.15) is 39.5 Å². The molecule has 2 heteroatoms. The number of hydrogen-bond donors (Lipinski definition) is 1. The Balaban J connectivity index is 2.37. The van der Waals surface area contributed by atoms with E-state index >= 15 is 0 Å². The molecule has 2 nitrogen and oxygen atoms in total. The van der Waals surface area contributed by atoms with Crippen LogP contribution in [0.15, 0.2) is 0 Å². The van der Waals surface area contributed by atoms with Crippen LogP contribution in [0.25, 0.3) is 0 Å². The van der Waals surface area contributed by atoms with E-state index in [1.807, 2.05) is 0 Å². The Morgan fingerprint density at radius 3 is 2.85 bits per heavy atom. The highest BCUT2D eigenvalue weighted by Crippen LogP contribution is 2.19. The van der Waals surface area contributed by atoms with Gasteiger partial charge in [-0.3, -0.25) is 4.90 Å². The van der Waals surface area contributed by atoms with Gasteiger partial charge >= 0.3 is 0 Å². The average Bonchev–Trinajstić information content (AvgIpc) is 2.14. The minimum absolute atomic E-state index is 0.646. The molecule has 0 aliphatic carbocycles. The lowest BCUT2D eigenvalue weighted by Gasteiger charge is -2.36. The van der Waals surface area contributed by atoms with Gasteiger partial charge < -0.3 is 5.73 Å². The number of nitrogens with zero attached hydrogens (tertiary/aromatic N) is 1. The smallest absolute Gasteiger partial charge is 0.0218 e. The zero-order chi connectivity index (χ0) is 9.68. The van der Waals surface area contributed by atoms with Crippen molar-refractivity contribution < 1.29 is 0 Å². The van der Waals surface area contributed by atoms with Gasteiger partial charge in [-0.05, 0) is 31.7 Å². The van der Waals surface area contributed by atoms with Gasteiger partial charge in [0, 0.05) is 19.1 Å². The van der Waals surface area contributed by atoms with E-state index in [1.165, 1.54) is 38.8 Å². The molecule has 2 N–H and O–H groups in total. The third-order valence-corrected chi connectivity index (χ3v) is 3.10. The van der Waals surface area contributed by atoms with E-state index in [2.05, 4.69) is 18.7 Å². The SMILES string of the molecule is CCCC(CN)N1CCCC(C)C1. The second kappa shape index (κ2) is 5.61. The molecule has 1 rings (SSSR count). The summed E-state index contributed by atoms with van der Waals surface area (Å²) in [6, 6.07) is 0.646. The summed E-state index contributed by atoms with van der Waals surface area (Å²) in [5, 5.41) is 0. The molecule has 0 aromatic carbocycles. The molecule has 1 aliphatic heterocycles. The van der Waals surface area contributed by atoms with Crippen molar-refractivity contribution in [2.75, 3.05) is 19.6 Å². The van der Waals surface area contributed by atoms with Crippen molar-refractivity contribution in [2.45, 2.75) is 45.6 Å². The first-order chi connectivity index (χ1) is 6.27. The van der Waals surface area contributed by atoms with Gasteiger partial charge in [0.1, 0.15) is 0 Å². The van der Waals surface area contributed by atoms with E-state index < -0.39 is 0 Å². The van der Waals surface area contributed by atoms with Crippen molar-refractivity contribution in [2.24, 2.45) is 11.7 Å². The predicted octanol–water partition coefficient (Wildman–Crippen LogP) is 1.85. The molecule has 1 heterocycles. The second-order valence-electron chi connectivity index (χ2n) is 4.42. The van der Waals surface area contributed by atoms with Crippen LogP contribution in [0.4, 0.5) is 0 Å². The summed E-state index contributed by atoms with van der Waals surface area (Å²) >= 11 is 0. The zero-order valence-corrected chi connectivity index (χ0v) is 9.13. The van der Waals surface area contributed by atoms with Crippen LogP contribution in [0.3, 0.4) is 0 Å². The molecule has 78 valence electrons. The summed E-state index contributed by atoms with van der Waals surface area (Å²) in [6.07, 6.45) is 5.29. The van der Waals surface area contributed by atoms with Crippen LogP contribution < -0.4 is 5.73 Å². The van der Waals surface area contributed by atoms with E-state index in [9.17, 15) is 0 Å². The van der Waals surface area contributed by atoms with Crippen LogP contribution in [0, 0.1) is 5.92 Å². The van der Waals surface area contributed by atoms with Gasteiger partial charge in [-0.1, -0.05) is 20.3 Å². The van der Waals surface area contributed by atoms with Gasteiger partial charge in [0.2, 0.25) is 0 Å². The normalized spacial score (nSPS) is 27.5. The first kappa shape index (κ1) is 11.0. The van der Waals surface area contributed by atoms with Crippen LogP contribution in [0.2, 0.25) is 0 Å². The molecule has 1 fully saturated rings. The van der Waals surface area contributed by atoms with Crippen molar-refractivity contribution in [1.82, 2.24) is 4.90 Å². The highest BCUT2D eigenvalue weighted by Gasteiger charge is 2.21. The topological polar surface area (TPSA) is 29.3 Å². The summed E-state index contributed by atoms with van der Waals surface area (Å²) in [7, 11) is 0. The number of rotatable bonds is 4. The predicted molar refractivity (Wildman–Crippen MR) is 57.7 cm³/mol. The summed E-state index contributed by atoms with van der Waals surface area (Å²) in [5.74, 6) is 0.875. The van der Waals surface area contributed by atoms with Gasteiger partial charge in [-0.25, -0.2) is 0 Å². The fourth-order valence-electron chi connectivity index (χ4n) is 2.34. The largest absolute Gasteiger partial charge is 0.329 e. The standard InChI is InChI=1S/C11H24N2/c1-3-5-11(8-12)13-7-4-6-10(2)9-13/h10-11H,3-9,12H2,1-2H3. The van der Waals surface area contributed by atoms with E-state index in [-0.39, 0.29) is 0 Å². The maximum absolute atomic E-state index is 5.79. The molecule has 0 spiro atoms. The first-order valence-electron chi connectivity index (χ1n) is 5.72. The quantitative estimate of drug-likeness (QED) is 0.722. The van der Waals surface area contributed by atoms with E-state index in [1.54, 1.807) is 0 Å². The fourth-order valence-corrected chi connectivity index (χ4v) is 2.34. The molecule has 1 saturated heterocycles. The second-order valence-corrected chi connectivity index (χ2v) is 4.42. The molecule has 0 amide bonds. The summed E-state index contributed by atoms with van der Waals surface area (Å²) in [4.78, 5) is 2.59. The van der Waals surface area contributed by atoms with E-state index in [0.29, 0.717) is 6.04 Å². The minimum atomic E-state index is 0.646. The molecule has 0 aromatic heterocycles. The molecule has 0 bridgehead atoms. The monoisotopic (exact) mass is 184 g/mol. The third-order valence-electron chi connectivity index (χ3n) is 3.10. The molecular weight excluding hydrogens is 160 g/mol. The number of piperidine rings is 1. The van der Waals surface area contributed by atoms with Gasteiger partial charge in [-0.15, -0.1) is 0 Å². The fraction of sp³-hybridized carbons (Fsp3) is 1.00. The average molecular weight is 184 g/mol. The molecule has 0 aromatic rings. The Bertz CT molecular complexity index is 136. The maximum Gasteiger partial charge on any atom is 0.0218 e. The van der Waals surface area contributed by atoms with E-state index in [0.717, 1.165) is 12.5 Å². The van der Waals surface area contributed by atoms with Crippen molar-refractivity contribution in [3.8, 4) is 0 Å². The third kappa shape index (κ3) is 3.28. The molecule has 2 unspecified atom stereocenters. The van der Waals surface area contributed by atoms with Gasteiger partial charge in [-0.2, -0.15) is 0 Å². The van der Waals surface area contributed by atoms with Gasteiger partial charge in [0.05, 0.1) is 0 Å². The lowest BCUT2D eigenvalue weighted by Crippen LogP contribution is -2.45. The Hall–Kier alpha value is -0.0800. The van der Waals surface area contributed by atoms with Crippen molar-refractivity contribution in [3.05, 3.63) is 0 Å². The molecule has 0 saturated carbocycles. The molecule has 2 atom stereocenters. The first-order valence-corrected chi connectivity index (χ1v) is 5.72. The molecular formula is C11H24N2. The number of likely N-dealkylation sites (tertiary alicyclic amines) is 1. The van der Waals surface area contributed by atoms with Crippen molar-refractivity contribution in [1.29, 1.82) is 0 Å². The Labute approximate surface area is 82.5 Å². The van der Waals surface area contributed by atoms with Crippen LogP contribution >= 0.6 is 0 Å². The Morgan fingerprint density at radius 2 is 2.31 bits per heavy atom. The molecule has 1 aliphatic rings. The van der Waals surface area contributed by atoms with Crippen LogP contribution in [-0.4, -0.2) is 30.6 Å². The highest BCUT2D eigenvalue weighted by molar-refractivity contribution is 4.77. The molecule has 0 radical (unpaired) electrons. The van der Waals surface area contributed by atoms with Crippen LogP contribution in [0.5, 0.6) is 0 Å². The van der Waals surface area contributed by atoms with Crippen molar-refractivity contribution in [3.63, 3.8) is 0 Å². The van der Waals surface area contributed by atoms with Crippen molar-refractivity contribution >= 4 is 0 Å². The highest BCUT2D eigenvalue weighted by atomic mass is 15.2. The lowest BCUT2D eigenvalue weighted by atomic mass is 9.97. The molecule has 13 heavy (non-hydrogen) atoms. The van der Waals surface area contributed by atoms with Crippen LogP contribution in [-0.2, 0) is 0 Å². The van der Waals surface area contributed by atoms with E-state index in [4.69, 9.17) is 5.73 Å². The van der Waals surface area contributed by atoms with Gasteiger partial charge in [0.25, 0.3) is 0 Å². The Morgan fingerprint density at radius 1 is 1.54 bits per heavy atom. The number of hydrogen-bond acceptors (Lipinski definition) is 2. The number of nitrogens with two attached hydrogens (primary N) is 1. The Kier molecular flexibility index (Phi) is 4.74.